The lowest BCUT2D eigenvalue weighted by molar-refractivity contribution is 0.0619. The van der Waals surface area contributed by atoms with E-state index in [-0.39, 0.29) is 18.0 Å². The largest absolute Gasteiger partial charge is 0.336 e. The van der Waals surface area contributed by atoms with Crippen LogP contribution in [0, 0.1) is 0 Å². The molecule has 0 bridgehead atoms. The summed E-state index contributed by atoms with van der Waals surface area (Å²) in [5.41, 5.74) is 9.69. The summed E-state index contributed by atoms with van der Waals surface area (Å²) in [4.78, 5) is 15.0. The molecule has 27 heavy (non-hydrogen) atoms. The molecule has 0 aliphatic carbocycles. The molecule has 1 aliphatic heterocycles. The van der Waals surface area contributed by atoms with Crippen molar-refractivity contribution in [3.63, 3.8) is 0 Å². The van der Waals surface area contributed by atoms with Crippen LogP contribution in [0.1, 0.15) is 30.1 Å². The third-order valence-corrected chi connectivity index (χ3v) is 5.23. The number of piperidine rings is 1. The van der Waals surface area contributed by atoms with Crippen LogP contribution in [0.4, 0.5) is 0 Å². The molecule has 3 aromatic rings. The van der Waals surface area contributed by atoms with E-state index in [9.17, 15) is 4.79 Å². The molecule has 1 amide bonds. The van der Waals surface area contributed by atoms with Crippen LogP contribution >= 0.6 is 0 Å². The van der Waals surface area contributed by atoms with E-state index in [1.807, 2.05) is 58.1 Å². The van der Waals surface area contributed by atoms with E-state index in [1.54, 1.807) is 6.20 Å². The molecule has 138 valence electrons. The van der Waals surface area contributed by atoms with Gasteiger partial charge in [-0.15, -0.1) is 0 Å². The summed E-state index contributed by atoms with van der Waals surface area (Å²) < 4.78 is 1.88. The van der Waals surface area contributed by atoms with Crippen LogP contribution < -0.4 is 5.73 Å². The van der Waals surface area contributed by atoms with Crippen LogP contribution in [0.2, 0.25) is 0 Å². The smallest absolute Gasteiger partial charge is 0.254 e. The van der Waals surface area contributed by atoms with Crippen LogP contribution in [0.5, 0.6) is 0 Å². The van der Waals surface area contributed by atoms with E-state index in [4.69, 9.17) is 5.73 Å². The quantitative estimate of drug-likeness (QED) is 0.778. The highest BCUT2D eigenvalue weighted by Gasteiger charge is 2.27. The molecule has 1 aliphatic rings. The van der Waals surface area contributed by atoms with Gasteiger partial charge in [0.25, 0.3) is 5.91 Å². The molecule has 4 rings (SSSR count). The zero-order valence-electron chi connectivity index (χ0n) is 15.5. The number of nitrogens with two attached hydrogens (primary N) is 1. The van der Waals surface area contributed by atoms with Gasteiger partial charge in [-0.2, -0.15) is 5.10 Å². The molecule has 0 spiro atoms. The molecule has 0 saturated carbocycles. The van der Waals surface area contributed by atoms with Crippen molar-refractivity contribution in [1.82, 2.24) is 14.7 Å². The molecule has 2 atom stereocenters. The number of benzene rings is 2. The zero-order chi connectivity index (χ0) is 18.8. The van der Waals surface area contributed by atoms with Crippen molar-refractivity contribution in [3.05, 3.63) is 72.4 Å². The van der Waals surface area contributed by atoms with E-state index in [1.165, 1.54) is 0 Å². The Hall–Kier alpha value is -2.92. The maximum atomic E-state index is 13.0. The lowest BCUT2D eigenvalue weighted by atomic mass is 9.98. The first kappa shape index (κ1) is 17.5. The molecular formula is C22H24N4O. The Morgan fingerprint density at radius 2 is 1.93 bits per heavy atom. The van der Waals surface area contributed by atoms with Gasteiger partial charge in [0.05, 0.1) is 17.6 Å². The van der Waals surface area contributed by atoms with Gasteiger partial charge in [-0.1, -0.05) is 36.4 Å². The Morgan fingerprint density at radius 1 is 1.11 bits per heavy atom. The van der Waals surface area contributed by atoms with Gasteiger partial charge in [-0.3, -0.25) is 4.79 Å². The summed E-state index contributed by atoms with van der Waals surface area (Å²) in [6.07, 6.45) is 3.49. The maximum Gasteiger partial charge on any atom is 0.254 e. The zero-order valence-corrected chi connectivity index (χ0v) is 15.5. The molecule has 1 fully saturated rings. The van der Waals surface area contributed by atoms with Gasteiger partial charge in [0.15, 0.2) is 0 Å². The number of hydrogen-bond donors (Lipinski definition) is 1. The third kappa shape index (κ3) is 3.51. The monoisotopic (exact) mass is 360 g/mol. The number of aromatic nitrogens is 2. The molecule has 2 heterocycles. The Balaban J connectivity index is 1.65. The number of amides is 1. The van der Waals surface area contributed by atoms with E-state index in [2.05, 4.69) is 24.2 Å². The number of carbonyl (C=O) groups is 1. The first-order valence-corrected chi connectivity index (χ1v) is 9.40. The minimum Gasteiger partial charge on any atom is -0.336 e. The summed E-state index contributed by atoms with van der Waals surface area (Å²) in [6, 6.07) is 20.1. The molecular weight excluding hydrogens is 336 g/mol. The van der Waals surface area contributed by atoms with Gasteiger partial charge in [0, 0.05) is 29.8 Å². The fourth-order valence-corrected chi connectivity index (χ4v) is 3.78. The van der Waals surface area contributed by atoms with Crippen molar-refractivity contribution in [3.8, 4) is 16.9 Å². The number of rotatable bonds is 3. The van der Waals surface area contributed by atoms with Gasteiger partial charge < -0.3 is 10.6 Å². The second kappa shape index (κ2) is 7.37. The van der Waals surface area contributed by atoms with E-state index >= 15 is 0 Å². The Morgan fingerprint density at radius 3 is 2.70 bits per heavy atom. The third-order valence-electron chi connectivity index (χ3n) is 5.23. The first-order valence-electron chi connectivity index (χ1n) is 9.40. The normalized spacial score (nSPS) is 19.9. The summed E-state index contributed by atoms with van der Waals surface area (Å²) in [5, 5.41) is 4.48. The Labute approximate surface area is 159 Å². The summed E-state index contributed by atoms with van der Waals surface area (Å²) >= 11 is 0. The van der Waals surface area contributed by atoms with Gasteiger partial charge >= 0.3 is 0 Å². The van der Waals surface area contributed by atoms with Crippen LogP contribution in [-0.2, 0) is 0 Å². The van der Waals surface area contributed by atoms with E-state index in [0.717, 1.165) is 29.8 Å². The second-order valence-corrected chi connectivity index (χ2v) is 7.18. The lowest BCUT2D eigenvalue weighted by Crippen LogP contribution is -2.48. The molecule has 2 N–H and O–H groups in total. The molecule has 1 aromatic heterocycles. The average molecular weight is 360 g/mol. The molecule has 5 heteroatoms. The van der Waals surface area contributed by atoms with Gasteiger partial charge in [-0.05, 0) is 44.0 Å². The maximum absolute atomic E-state index is 13.0. The lowest BCUT2D eigenvalue weighted by Gasteiger charge is -2.36. The van der Waals surface area contributed by atoms with Crippen molar-refractivity contribution in [2.75, 3.05) is 6.54 Å². The fourth-order valence-electron chi connectivity index (χ4n) is 3.78. The Bertz CT molecular complexity index is 934. The van der Waals surface area contributed by atoms with E-state index in [0.29, 0.717) is 12.1 Å². The first-order chi connectivity index (χ1) is 13.1. The summed E-state index contributed by atoms with van der Waals surface area (Å²) in [7, 11) is 0. The minimum absolute atomic E-state index is 0.0599. The SMILES string of the molecule is C[C@@H]1C[C@H](N)CCN1C(=O)c1cccc(-n2nccc2-c2ccccc2)c1. The summed E-state index contributed by atoms with van der Waals surface area (Å²) in [6.45, 7) is 2.78. The van der Waals surface area contributed by atoms with E-state index < -0.39 is 0 Å². The highest BCUT2D eigenvalue weighted by molar-refractivity contribution is 5.95. The van der Waals surface area contributed by atoms with Crippen molar-refractivity contribution < 1.29 is 4.79 Å². The predicted octanol–water partition coefficient (Wildman–Crippen LogP) is 3.49. The average Bonchev–Trinajstić information content (AvgIpc) is 3.18. The molecule has 0 unspecified atom stereocenters. The van der Waals surface area contributed by atoms with Crippen molar-refractivity contribution in [2.45, 2.75) is 31.8 Å². The highest BCUT2D eigenvalue weighted by Crippen LogP contribution is 2.24. The van der Waals surface area contributed by atoms with Crippen LogP contribution in [0.25, 0.3) is 16.9 Å². The standard InChI is InChI=1S/C22H24N4O/c1-16-14-19(23)11-13-25(16)22(27)18-8-5-9-20(15-18)26-21(10-12-24-26)17-6-3-2-4-7-17/h2-10,12,15-16,19H,11,13-14,23H2,1H3/t16-,19-/m1/s1. The molecule has 5 nitrogen and oxygen atoms in total. The summed E-state index contributed by atoms with van der Waals surface area (Å²) in [5.74, 6) is 0.0599. The second-order valence-electron chi connectivity index (χ2n) is 7.18. The van der Waals surface area contributed by atoms with Crippen molar-refractivity contribution in [1.29, 1.82) is 0 Å². The van der Waals surface area contributed by atoms with Gasteiger partial charge in [0.1, 0.15) is 0 Å². The number of carbonyl (C=O) groups excluding carboxylic acids is 1. The predicted molar refractivity (Wildman–Crippen MR) is 107 cm³/mol. The van der Waals surface area contributed by atoms with Crippen LogP contribution in [0.3, 0.4) is 0 Å². The fraction of sp³-hybridized carbons (Fsp3) is 0.273. The van der Waals surface area contributed by atoms with Gasteiger partial charge in [-0.25, -0.2) is 4.68 Å². The van der Waals surface area contributed by atoms with Crippen LogP contribution in [0.15, 0.2) is 66.9 Å². The van der Waals surface area contributed by atoms with Crippen molar-refractivity contribution in [2.24, 2.45) is 5.73 Å². The number of hydrogen-bond acceptors (Lipinski definition) is 3. The minimum atomic E-state index is 0.0599. The molecule has 0 radical (unpaired) electrons. The highest BCUT2D eigenvalue weighted by atomic mass is 16.2. The van der Waals surface area contributed by atoms with Crippen molar-refractivity contribution >= 4 is 5.91 Å². The Kier molecular flexibility index (Phi) is 4.77. The topological polar surface area (TPSA) is 64.2 Å². The van der Waals surface area contributed by atoms with Crippen LogP contribution in [-0.4, -0.2) is 39.2 Å². The number of nitrogens with zero attached hydrogens (tertiary/aromatic N) is 3. The number of likely N-dealkylation sites (tertiary alicyclic amines) is 1. The molecule has 1 saturated heterocycles. The van der Waals surface area contributed by atoms with Gasteiger partial charge in [0.2, 0.25) is 0 Å². The molecule has 2 aromatic carbocycles.